The van der Waals surface area contributed by atoms with Gasteiger partial charge in [0.1, 0.15) is 11.6 Å². The lowest BCUT2D eigenvalue weighted by Crippen LogP contribution is -2.39. The van der Waals surface area contributed by atoms with Gasteiger partial charge in [0, 0.05) is 30.3 Å². The van der Waals surface area contributed by atoms with Crippen LogP contribution in [-0.2, 0) is 6.42 Å². The van der Waals surface area contributed by atoms with E-state index in [9.17, 15) is 23.5 Å². The number of amides is 2. The molecule has 2 N–H and O–H groups in total. The summed E-state index contributed by atoms with van der Waals surface area (Å²) >= 11 is 0. The van der Waals surface area contributed by atoms with Crippen LogP contribution in [-0.4, -0.2) is 47.6 Å². The summed E-state index contributed by atoms with van der Waals surface area (Å²) in [6, 6.07) is 7.31. The number of hydrogen-bond acceptors (Lipinski definition) is 3. The van der Waals surface area contributed by atoms with E-state index in [1.165, 1.54) is 0 Å². The molecule has 2 aromatic carbocycles. The third kappa shape index (κ3) is 7.14. The van der Waals surface area contributed by atoms with Crippen LogP contribution in [0.2, 0.25) is 0 Å². The highest BCUT2D eigenvalue weighted by Gasteiger charge is 2.19. The zero-order valence-electron chi connectivity index (χ0n) is 18.3. The predicted molar refractivity (Wildman–Crippen MR) is 116 cm³/mol. The van der Waals surface area contributed by atoms with Gasteiger partial charge < -0.3 is 15.3 Å². The molecule has 0 saturated carbocycles. The predicted octanol–water partition coefficient (Wildman–Crippen LogP) is 3.87. The SMILES string of the molecule is CCCN(CCC)C(=O)c1cc(C)cc(C(=O)NC(CO)Cc2cc(F)cc(F)c2)c1. The Hall–Kier alpha value is -2.80. The molecule has 5 nitrogen and oxygen atoms in total. The van der Waals surface area contributed by atoms with Crippen molar-refractivity contribution >= 4 is 11.8 Å². The van der Waals surface area contributed by atoms with E-state index < -0.39 is 30.2 Å². The Morgan fingerprint density at radius 2 is 1.55 bits per heavy atom. The number of nitrogens with zero attached hydrogens (tertiary/aromatic N) is 1. The van der Waals surface area contributed by atoms with Crippen LogP contribution in [0.1, 0.15) is 58.5 Å². The standard InChI is InChI=1S/C24H30F2N2O3/c1-4-6-28(7-5-2)24(31)19-9-16(3)8-18(13-19)23(30)27-22(15-29)12-17-10-20(25)14-21(26)11-17/h8-11,13-14,22,29H,4-7,12,15H2,1-3H3,(H,27,30). The van der Waals surface area contributed by atoms with Gasteiger partial charge in [-0.05, 0) is 67.6 Å². The molecule has 0 bridgehead atoms. The highest BCUT2D eigenvalue weighted by molar-refractivity contribution is 6.00. The van der Waals surface area contributed by atoms with Crippen LogP contribution in [0.25, 0.3) is 0 Å². The average Bonchev–Trinajstić information content (AvgIpc) is 2.71. The molecule has 0 aromatic heterocycles. The largest absolute Gasteiger partial charge is 0.394 e. The van der Waals surface area contributed by atoms with Gasteiger partial charge in [-0.15, -0.1) is 0 Å². The van der Waals surface area contributed by atoms with Gasteiger partial charge in [0.05, 0.1) is 12.6 Å². The minimum Gasteiger partial charge on any atom is -0.394 e. The molecule has 0 heterocycles. The van der Waals surface area contributed by atoms with Gasteiger partial charge in [-0.2, -0.15) is 0 Å². The first kappa shape index (κ1) is 24.5. The summed E-state index contributed by atoms with van der Waals surface area (Å²) in [5.74, 6) is -2.03. The van der Waals surface area contributed by atoms with Gasteiger partial charge >= 0.3 is 0 Å². The molecule has 1 unspecified atom stereocenters. The van der Waals surface area contributed by atoms with E-state index in [1.54, 1.807) is 30.0 Å². The second-order valence-corrected chi connectivity index (χ2v) is 7.71. The van der Waals surface area contributed by atoms with Crippen LogP contribution in [0, 0.1) is 18.6 Å². The van der Waals surface area contributed by atoms with Crippen LogP contribution in [0.4, 0.5) is 8.78 Å². The monoisotopic (exact) mass is 432 g/mol. The zero-order chi connectivity index (χ0) is 23.0. The molecule has 168 valence electrons. The molecule has 31 heavy (non-hydrogen) atoms. The van der Waals surface area contributed by atoms with Gasteiger partial charge in [0.15, 0.2) is 0 Å². The number of aliphatic hydroxyl groups excluding tert-OH is 1. The molecular weight excluding hydrogens is 402 g/mol. The van der Waals surface area contributed by atoms with E-state index in [-0.39, 0.29) is 12.3 Å². The third-order valence-corrected chi connectivity index (χ3v) is 4.82. The van der Waals surface area contributed by atoms with Gasteiger partial charge in [-0.1, -0.05) is 13.8 Å². The number of nitrogens with one attached hydrogen (secondary N) is 1. The summed E-state index contributed by atoms with van der Waals surface area (Å²) < 4.78 is 26.8. The number of hydrogen-bond donors (Lipinski definition) is 2. The molecule has 0 saturated heterocycles. The van der Waals surface area contributed by atoms with Gasteiger partial charge in [0.2, 0.25) is 0 Å². The van der Waals surface area contributed by atoms with Crippen LogP contribution in [0.5, 0.6) is 0 Å². The van der Waals surface area contributed by atoms with E-state index in [1.807, 2.05) is 13.8 Å². The maximum atomic E-state index is 13.4. The van der Waals surface area contributed by atoms with Gasteiger partial charge in [0.25, 0.3) is 11.8 Å². The Labute approximate surface area is 182 Å². The second kappa shape index (κ2) is 11.6. The van der Waals surface area contributed by atoms with E-state index in [0.29, 0.717) is 29.8 Å². The maximum Gasteiger partial charge on any atom is 0.253 e. The van der Waals surface area contributed by atoms with Crippen molar-refractivity contribution in [1.82, 2.24) is 10.2 Å². The van der Waals surface area contributed by atoms with Gasteiger partial charge in [-0.3, -0.25) is 9.59 Å². The minimum atomic E-state index is -0.731. The molecule has 1 atom stereocenters. The van der Waals surface area contributed by atoms with Crippen molar-refractivity contribution in [2.45, 2.75) is 46.1 Å². The molecular formula is C24H30F2N2O3. The zero-order valence-corrected chi connectivity index (χ0v) is 18.3. The van der Waals surface area contributed by atoms with Crippen LogP contribution in [0.15, 0.2) is 36.4 Å². The van der Waals surface area contributed by atoms with Crippen LogP contribution in [0.3, 0.4) is 0 Å². The summed E-state index contributed by atoms with van der Waals surface area (Å²) in [6.45, 7) is 6.69. The fourth-order valence-electron chi connectivity index (χ4n) is 3.52. The van der Waals surface area contributed by atoms with E-state index >= 15 is 0 Å². The maximum absolute atomic E-state index is 13.4. The molecule has 2 amide bonds. The molecule has 2 aromatic rings. The number of benzene rings is 2. The minimum absolute atomic E-state index is 0.0648. The number of aliphatic hydroxyl groups is 1. The lowest BCUT2D eigenvalue weighted by Gasteiger charge is -2.22. The molecule has 7 heteroatoms. The summed E-state index contributed by atoms with van der Waals surface area (Å²) in [4.78, 5) is 27.5. The number of aryl methyl sites for hydroxylation is 1. The number of rotatable bonds is 10. The first-order valence-corrected chi connectivity index (χ1v) is 10.5. The Morgan fingerprint density at radius 1 is 0.968 bits per heavy atom. The van der Waals surface area contributed by atoms with Crippen molar-refractivity contribution in [2.75, 3.05) is 19.7 Å². The Morgan fingerprint density at radius 3 is 2.10 bits per heavy atom. The number of carbonyl (C=O) groups excluding carboxylic acids is 2. The molecule has 0 fully saturated rings. The highest BCUT2D eigenvalue weighted by Crippen LogP contribution is 2.15. The Kier molecular flexibility index (Phi) is 9.12. The molecule has 0 aliphatic heterocycles. The average molecular weight is 433 g/mol. The molecule has 2 rings (SSSR count). The second-order valence-electron chi connectivity index (χ2n) is 7.71. The van der Waals surface area contributed by atoms with E-state index in [2.05, 4.69) is 5.32 Å². The van der Waals surface area contributed by atoms with Gasteiger partial charge in [-0.25, -0.2) is 8.78 Å². The smallest absolute Gasteiger partial charge is 0.253 e. The summed E-state index contributed by atoms with van der Waals surface area (Å²) in [5, 5.41) is 12.3. The van der Waals surface area contributed by atoms with Crippen LogP contribution < -0.4 is 5.32 Å². The van der Waals surface area contributed by atoms with E-state index in [4.69, 9.17) is 0 Å². The molecule has 0 aliphatic carbocycles. The van der Waals surface area contributed by atoms with Crippen molar-refractivity contribution in [1.29, 1.82) is 0 Å². The summed E-state index contributed by atoms with van der Waals surface area (Å²) in [6.07, 6.45) is 1.74. The number of carbonyl (C=O) groups is 2. The lowest BCUT2D eigenvalue weighted by atomic mass is 10.0. The first-order valence-electron chi connectivity index (χ1n) is 10.5. The third-order valence-electron chi connectivity index (χ3n) is 4.82. The number of halogens is 2. The fraction of sp³-hybridized carbons (Fsp3) is 0.417. The van der Waals surface area contributed by atoms with E-state index in [0.717, 1.165) is 36.6 Å². The first-order chi connectivity index (χ1) is 14.8. The lowest BCUT2D eigenvalue weighted by molar-refractivity contribution is 0.0755. The summed E-state index contributed by atoms with van der Waals surface area (Å²) in [7, 11) is 0. The topological polar surface area (TPSA) is 69.6 Å². The van der Waals surface area contributed by atoms with Crippen molar-refractivity contribution in [3.63, 3.8) is 0 Å². The quantitative estimate of drug-likeness (QED) is 0.599. The highest BCUT2D eigenvalue weighted by atomic mass is 19.1. The molecule has 0 radical (unpaired) electrons. The van der Waals surface area contributed by atoms with Crippen LogP contribution >= 0.6 is 0 Å². The van der Waals surface area contributed by atoms with Crippen molar-refractivity contribution < 1.29 is 23.5 Å². The normalized spacial score (nSPS) is 11.8. The molecule has 0 aliphatic rings. The fourth-order valence-corrected chi connectivity index (χ4v) is 3.52. The Bertz CT molecular complexity index is 891. The van der Waals surface area contributed by atoms with Crippen molar-refractivity contribution in [3.8, 4) is 0 Å². The Balaban J connectivity index is 2.19. The van der Waals surface area contributed by atoms with Crippen molar-refractivity contribution in [2.24, 2.45) is 0 Å². The summed E-state index contributed by atoms with van der Waals surface area (Å²) in [5.41, 5.74) is 1.81. The molecule has 0 spiro atoms. The van der Waals surface area contributed by atoms with Crippen molar-refractivity contribution in [3.05, 3.63) is 70.3 Å².